The van der Waals surface area contributed by atoms with Gasteiger partial charge in [-0.25, -0.2) is 4.79 Å². The van der Waals surface area contributed by atoms with Crippen molar-refractivity contribution in [3.8, 4) is 0 Å². The van der Waals surface area contributed by atoms with Crippen molar-refractivity contribution in [2.24, 2.45) is 0 Å². The molecule has 1 N–H and O–H groups in total. The highest BCUT2D eigenvalue weighted by atomic mass is 32.2. The highest BCUT2D eigenvalue weighted by Gasteiger charge is 2.32. The number of nitrogens with zero attached hydrogens (tertiary/aromatic N) is 1. The van der Waals surface area contributed by atoms with Gasteiger partial charge in [0.25, 0.3) is 0 Å². The van der Waals surface area contributed by atoms with E-state index in [1.165, 1.54) is 18.1 Å². The van der Waals surface area contributed by atoms with Gasteiger partial charge in [-0.15, -0.1) is 0 Å². The third-order valence-electron chi connectivity index (χ3n) is 3.73. The number of hydrogen-bond donors (Lipinski definition) is 1. The molecule has 6 heteroatoms. The van der Waals surface area contributed by atoms with Crippen molar-refractivity contribution < 1.29 is 14.3 Å². The standard InChI is InChI=1S/C15H18N2O3S/c1-10(18)16-7-14-8-17(15(19)20-14)13-3-2-12-9-21-5-4-11(12)6-13/h2-3,6,14H,4-5,7-9H2,1H3,(H,16,18). The van der Waals surface area contributed by atoms with Crippen LogP contribution < -0.4 is 10.2 Å². The van der Waals surface area contributed by atoms with Gasteiger partial charge in [0.2, 0.25) is 5.91 Å². The van der Waals surface area contributed by atoms with Gasteiger partial charge in [-0.3, -0.25) is 9.69 Å². The van der Waals surface area contributed by atoms with Crippen molar-refractivity contribution in [1.82, 2.24) is 5.32 Å². The number of hydrogen-bond acceptors (Lipinski definition) is 4. The number of nitrogens with one attached hydrogen (secondary N) is 1. The minimum Gasteiger partial charge on any atom is -0.442 e. The summed E-state index contributed by atoms with van der Waals surface area (Å²) in [6.07, 6.45) is 0.426. The minimum atomic E-state index is -0.338. The Morgan fingerprint density at radius 2 is 2.33 bits per heavy atom. The molecule has 3 rings (SSSR count). The average molecular weight is 306 g/mol. The summed E-state index contributed by atoms with van der Waals surface area (Å²) in [4.78, 5) is 24.6. The van der Waals surface area contributed by atoms with Crippen LogP contribution in [0.25, 0.3) is 0 Å². The van der Waals surface area contributed by atoms with Crippen LogP contribution in [0.3, 0.4) is 0 Å². The summed E-state index contributed by atoms with van der Waals surface area (Å²) in [5.74, 6) is 2.06. The molecule has 0 aromatic heterocycles. The highest BCUT2D eigenvalue weighted by molar-refractivity contribution is 7.98. The SMILES string of the molecule is CC(=O)NCC1CN(c2ccc3c(c2)CCSC3)C(=O)O1. The first-order valence-electron chi connectivity index (χ1n) is 7.05. The van der Waals surface area contributed by atoms with Crippen molar-refractivity contribution in [3.05, 3.63) is 29.3 Å². The molecule has 1 atom stereocenters. The van der Waals surface area contributed by atoms with Gasteiger partial charge in [-0.2, -0.15) is 11.8 Å². The number of thioether (sulfide) groups is 1. The molecule has 2 aliphatic rings. The molecule has 112 valence electrons. The average Bonchev–Trinajstić information content (AvgIpc) is 2.86. The summed E-state index contributed by atoms with van der Waals surface area (Å²) in [5, 5.41) is 2.68. The Morgan fingerprint density at radius 3 is 3.14 bits per heavy atom. The Kier molecular flexibility index (Phi) is 4.05. The molecule has 1 unspecified atom stereocenters. The Balaban J connectivity index is 1.72. The van der Waals surface area contributed by atoms with E-state index in [2.05, 4.69) is 17.4 Å². The van der Waals surface area contributed by atoms with E-state index in [1.807, 2.05) is 17.8 Å². The topological polar surface area (TPSA) is 58.6 Å². The predicted octanol–water partition coefficient (Wildman–Crippen LogP) is 1.94. The molecule has 1 aromatic carbocycles. The zero-order chi connectivity index (χ0) is 14.8. The summed E-state index contributed by atoms with van der Waals surface area (Å²) in [6, 6.07) is 6.18. The van der Waals surface area contributed by atoms with E-state index in [4.69, 9.17) is 4.74 Å². The fourth-order valence-corrected chi connectivity index (χ4v) is 3.62. The van der Waals surface area contributed by atoms with Crippen molar-refractivity contribution in [3.63, 3.8) is 0 Å². The van der Waals surface area contributed by atoms with Crippen LogP contribution in [0.4, 0.5) is 10.5 Å². The fraction of sp³-hybridized carbons (Fsp3) is 0.467. The maximum Gasteiger partial charge on any atom is 0.414 e. The molecule has 0 saturated carbocycles. The number of rotatable bonds is 3. The zero-order valence-electron chi connectivity index (χ0n) is 11.9. The fourth-order valence-electron chi connectivity index (χ4n) is 2.61. The van der Waals surface area contributed by atoms with Crippen LogP contribution in [0.15, 0.2) is 18.2 Å². The predicted molar refractivity (Wildman–Crippen MR) is 82.6 cm³/mol. The first-order valence-corrected chi connectivity index (χ1v) is 8.21. The largest absolute Gasteiger partial charge is 0.442 e. The van der Waals surface area contributed by atoms with Gasteiger partial charge >= 0.3 is 6.09 Å². The molecular weight excluding hydrogens is 288 g/mol. The lowest BCUT2D eigenvalue weighted by atomic mass is 10.0. The monoisotopic (exact) mass is 306 g/mol. The molecule has 2 heterocycles. The summed E-state index contributed by atoms with van der Waals surface area (Å²) >= 11 is 1.94. The molecule has 1 aromatic rings. The van der Waals surface area contributed by atoms with Crippen molar-refractivity contribution in [2.75, 3.05) is 23.7 Å². The Labute approximate surface area is 128 Å². The van der Waals surface area contributed by atoms with Crippen LogP contribution in [0.5, 0.6) is 0 Å². The molecule has 0 spiro atoms. The maximum atomic E-state index is 12.0. The van der Waals surface area contributed by atoms with Gasteiger partial charge in [0, 0.05) is 18.4 Å². The number of benzene rings is 1. The molecule has 2 aliphatic heterocycles. The smallest absolute Gasteiger partial charge is 0.414 e. The lowest BCUT2D eigenvalue weighted by molar-refractivity contribution is -0.119. The van der Waals surface area contributed by atoms with E-state index in [0.29, 0.717) is 13.1 Å². The summed E-state index contributed by atoms with van der Waals surface area (Å²) in [6.45, 7) is 2.29. The summed E-state index contributed by atoms with van der Waals surface area (Å²) < 4.78 is 5.29. The van der Waals surface area contributed by atoms with Crippen LogP contribution in [0.2, 0.25) is 0 Å². The second-order valence-corrected chi connectivity index (χ2v) is 6.41. The van der Waals surface area contributed by atoms with Gasteiger partial charge in [0.15, 0.2) is 0 Å². The molecule has 0 aliphatic carbocycles. The van der Waals surface area contributed by atoms with Crippen molar-refractivity contribution in [2.45, 2.75) is 25.2 Å². The second-order valence-electron chi connectivity index (χ2n) is 5.31. The molecule has 1 fully saturated rings. The lowest BCUT2D eigenvalue weighted by Gasteiger charge is -2.19. The van der Waals surface area contributed by atoms with E-state index < -0.39 is 0 Å². The van der Waals surface area contributed by atoms with E-state index in [-0.39, 0.29) is 18.1 Å². The maximum absolute atomic E-state index is 12.0. The molecule has 1 saturated heterocycles. The minimum absolute atomic E-state index is 0.115. The Hall–Kier alpha value is -1.69. The molecule has 21 heavy (non-hydrogen) atoms. The normalized spacial score (nSPS) is 20.9. The number of cyclic esters (lactones) is 1. The molecular formula is C15H18N2O3S. The molecule has 0 radical (unpaired) electrons. The third kappa shape index (κ3) is 3.15. The Morgan fingerprint density at radius 1 is 1.48 bits per heavy atom. The quantitative estimate of drug-likeness (QED) is 0.927. The van der Waals surface area contributed by atoms with E-state index in [1.54, 1.807) is 4.90 Å². The number of ether oxygens (including phenoxy) is 1. The summed E-state index contributed by atoms with van der Waals surface area (Å²) in [7, 11) is 0. The van der Waals surface area contributed by atoms with Gasteiger partial charge < -0.3 is 10.1 Å². The zero-order valence-corrected chi connectivity index (χ0v) is 12.7. The van der Waals surface area contributed by atoms with Gasteiger partial charge in [-0.05, 0) is 35.4 Å². The number of anilines is 1. The van der Waals surface area contributed by atoms with Gasteiger partial charge in [-0.1, -0.05) is 6.07 Å². The van der Waals surface area contributed by atoms with Gasteiger partial charge in [0.05, 0.1) is 13.1 Å². The van der Waals surface area contributed by atoms with Gasteiger partial charge in [0.1, 0.15) is 6.10 Å². The molecule has 2 amide bonds. The van der Waals surface area contributed by atoms with E-state index >= 15 is 0 Å². The Bertz CT molecular complexity index is 576. The van der Waals surface area contributed by atoms with Crippen LogP contribution in [-0.2, 0) is 21.7 Å². The molecule has 0 bridgehead atoms. The van der Waals surface area contributed by atoms with Crippen LogP contribution in [0.1, 0.15) is 18.1 Å². The first-order chi connectivity index (χ1) is 10.1. The first kappa shape index (κ1) is 14.3. The molecule has 5 nitrogen and oxygen atoms in total. The van der Waals surface area contributed by atoms with Crippen LogP contribution >= 0.6 is 11.8 Å². The highest BCUT2D eigenvalue weighted by Crippen LogP contribution is 2.30. The second kappa shape index (κ2) is 5.97. The number of fused-ring (bicyclic) bond motifs is 1. The number of carbonyl (C=O) groups excluding carboxylic acids is 2. The van der Waals surface area contributed by atoms with Crippen molar-refractivity contribution >= 4 is 29.4 Å². The van der Waals surface area contributed by atoms with E-state index in [0.717, 1.165) is 23.6 Å². The van der Waals surface area contributed by atoms with Crippen LogP contribution in [0, 0.1) is 0 Å². The number of carbonyl (C=O) groups is 2. The van der Waals surface area contributed by atoms with Crippen LogP contribution in [-0.4, -0.2) is 36.9 Å². The lowest BCUT2D eigenvalue weighted by Crippen LogP contribution is -2.33. The number of aryl methyl sites for hydroxylation is 1. The van der Waals surface area contributed by atoms with Crippen molar-refractivity contribution in [1.29, 1.82) is 0 Å². The third-order valence-corrected chi connectivity index (χ3v) is 4.74. The number of amides is 2. The van der Waals surface area contributed by atoms with E-state index in [9.17, 15) is 9.59 Å². The summed E-state index contributed by atoms with van der Waals surface area (Å²) in [5.41, 5.74) is 3.57.